The Hall–Kier alpha value is -5.28. The highest BCUT2D eigenvalue weighted by atomic mass is 15.1. The van der Waals surface area contributed by atoms with E-state index in [0.717, 1.165) is 0 Å². The highest BCUT2D eigenvalue weighted by Gasteiger charge is 2.21. The van der Waals surface area contributed by atoms with E-state index in [1.54, 1.807) is 0 Å². The van der Waals surface area contributed by atoms with Crippen molar-refractivity contribution in [1.29, 1.82) is 0 Å². The predicted octanol–water partition coefficient (Wildman–Crippen LogP) is 9.53. The fourth-order valence-electron chi connectivity index (χ4n) is 7.01. The number of fused-ring (bicyclic) bond motifs is 9. The van der Waals surface area contributed by atoms with E-state index >= 15 is 0 Å². The van der Waals surface area contributed by atoms with Gasteiger partial charge in [-0.25, -0.2) is 0 Å². The van der Waals surface area contributed by atoms with Gasteiger partial charge in [0.25, 0.3) is 0 Å². The molecular formula is C37H25N3. The number of hydrogen-bond acceptors (Lipinski definition) is 0. The average Bonchev–Trinajstić information content (AvgIpc) is 3.63. The second kappa shape index (κ2) is 7.87. The molecule has 0 unspecified atom stereocenters. The molecule has 3 heterocycles. The first-order chi connectivity index (χ1) is 19.8. The Morgan fingerprint density at radius 2 is 0.700 bits per heavy atom. The van der Waals surface area contributed by atoms with Crippen LogP contribution in [0.25, 0.3) is 76.8 Å². The van der Waals surface area contributed by atoms with Crippen molar-refractivity contribution in [2.75, 3.05) is 0 Å². The molecule has 40 heavy (non-hydrogen) atoms. The third-order valence-electron chi connectivity index (χ3n) is 8.64. The van der Waals surface area contributed by atoms with Crippen LogP contribution in [-0.4, -0.2) is 13.7 Å². The van der Waals surface area contributed by atoms with Crippen LogP contribution in [0.3, 0.4) is 0 Å². The van der Waals surface area contributed by atoms with Gasteiger partial charge in [-0.15, -0.1) is 0 Å². The Labute approximate surface area is 230 Å². The van der Waals surface area contributed by atoms with Crippen molar-refractivity contribution in [3.63, 3.8) is 0 Å². The van der Waals surface area contributed by atoms with Gasteiger partial charge >= 0.3 is 0 Å². The number of aryl methyl sites for hydroxylation is 1. The molecule has 3 heteroatoms. The fraction of sp³-hybridized carbons (Fsp3) is 0.0270. The summed E-state index contributed by atoms with van der Waals surface area (Å²) in [7, 11) is 2.19. The van der Waals surface area contributed by atoms with Crippen molar-refractivity contribution in [2.45, 2.75) is 0 Å². The minimum absolute atomic E-state index is 1.18. The number of benzene rings is 6. The van der Waals surface area contributed by atoms with Crippen LogP contribution >= 0.6 is 0 Å². The van der Waals surface area contributed by atoms with Crippen LogP contribution in [0.15, 0.2) is 133 Å². The van der Waals surface area contributed by atoms with Crippen molar-refractivity contribution >= 4 is 65.4 Å². The third-order valence-corrected chi connectivity index (χ3v) is 8.64. The maximum Gasteiger partial charge on any atom is 0.0783 e. The average molecular weight is 512 g/mol. The van der Waals surface area contributed by atoms with Crippen LogP contribution in [0.1, 0.15) is 0 Å². The lowest BCUT2D eigenvalue weighted by Gasteiger charge is -2.16. The predicted molar refractivity (Wildman–Crippen MR) is 169 cm³/mol. The Bertz CT molecular complexity index is 2390. The monoisotopic (exact) mass is 511 g/mol. The Morgan fingerprint density at radius 3 is 1.27 bits per heavy atom. The molecule has 3 aromatic heterocycles. The van der Waals surface area contributed by atoms with E-state index in [-0.39, 0.29) is 0 Å². The topological polar surface area (TPSA) is 14.8 Å². The summed E-state index contributed by atoms with van der Waals surface area (Å²) in [4.78, 5) is 0. The van der Waals surface area contributed by atoms with Gasteiger partial charge in [-0.3, -0.25) is 0 Å². The Balaban J connectivity index is 1.52. The summed E-state index contributed by atoms with van der Waals surface area (Å²) < 4.78 is 7.29. The number of nitrogens with zero attached hydrogens (tertiary/aromatic N) is 3. The number of hydrogen-bond donors (Lipinski definition) is 0. The molecule has 0 aliphatic carbocycles. The van der Waals surface area contributed by atoms with Crippen molar-refractivity contribution in [3.05, 3.63) is 133 Å². The summed E-state index contributed by atoms with van der Waals surface area (Å²) >= 11 is 0. The minimum atomic E-state index is 1.18. The van der Waals surface area contributed by atoms with E-state index in [0.29, 0.717) is 0 Å². The second-order valence-electron chi connectivity index (χ2n) is 10.6. The van der Waals surface area contributed by atoms with E-state index in [1.165, 1.54) is 76.8 Å². The van der Waals surface area contributed by atoms with E-state index in [9.17, 15) is 0 Å². The molecule has 0 amide bonds. The van der Waals surface area contributed by atoms with Crippen LogP contribution in [0, 0.1) is 0 Å². The maximum absolute atomic E-state index is 2.49. The van der Waals surface area contributed by atoms with Crippen molar-refractivity contribution < 1.29 is 0 Å². The summed E-state index contributed by atoms with van der Waals surface area (Å²) in [5.74, 6) is 0. The standard InChI is InChI=1S/C37H25N3/c1-38-30-18-6-2-14-26(30)28-16-10-22-34(36(28)38)40-33-21-9-5-15-27(33)29-17-11-23-35(37(29)40)39-31-19-7-3-12-24(31)25-13-4-8-20-32(25)39/h2-23H,1H3. The first-order valence-corrected chi connectivity index (χ1v) is 13.8. The number of rotatable bonds is 2. The SMILES string of the molecule is Cn1c2ccccc2c2cccc(-n3c4ccccc4c4cccc(-n5c6ccccc6c6ccccc65)c43)c21. The van der Waals surface area contributed by atoms with Gasteiger partial charge in [0.05, 0.1) is 39.0 Å². The highest BCUT2D eigenvalue weighted by molar-refractivity contribution is 6.17. The van der Waals surface area contributed by atoms with Crippen molar-refractivity contribution in [2.24, 2.45) is 7.05 Å². The van der Waals surface area contributed by atoms with E-state index in [4.69, 9.17) is 0 Å². The summed E-state index contributed by atoms with van der Waals surface area (Å²) in [5, 5.41) is 7.62. The molecule has 0 saturated heterocycles. The maximum atomic E-state index is 2.49. The summed E-state index contributed by atoms with van der Waals surface area (Å²) in [5.41, 5.74) is 9.72. The lowest BCUT2D eigenvalue weighted by molar-refractivity contribution is 1.00. The smallest absolute Gasteiger partial charge is 0.0783 e. The van der Waals surface area contributed by atoms with Crippen LogP contribution < -0.4 is 0 Å². The van der Waals surface area contributed by atoms with Crippen molar-refractivity contribution in [1.82, 2.24) is 13.7 Å². The molecule has 0 atom stereocenters. The fourth-order valence-corrected chi connectivity index (χ4v) is 7.01. The zero-order valence-electron chi connectivity index (χ0n) is 22.0. The van der Waals surface area contributed by atoms with Gasteiger partial charge in [-0.2, -0.15) is 0 Å². The van der Waals surface area contributed by atoms with Crippen LogP contribution in [-0.2, 0) is 7.05 Å². The summed E-state index contributed by atoms with van der Waals surface area (Å²) in [6.45, 7) is 0. The van der Waals surface area contributed by atoms with Crippen LogP contribution in [0.2, 0.25) is 0 Å². The van der Waals surface area contributed by atoms with Gasteiger partial charge in [-0.1, -0.05) is 97.1 Å². The molecule has 3 nitrogen and oxygen atoms in total. The number of para-hydroxylation sites is 6. The number of aromatic nitrogens is 3. The molecule has 0 radical (unpaired) electrons. The highest BCUT2D eigenvalue weighted by Crippen LogP contribution is 2.41. The molecule has 0 aliphatic heterocycles. The Kier molecular flexibility index (Phi) is 4.26. The van der Waals surface area contributed by atoms with Gasteiger partial charge < -0.3 is 13.7 Å². The zero-order chi connectivity index (χ0) is 26.4. The van der Waals surface area contributed by atoms with E-state index in [2.05, 4.69) is 154 Å². The first-order valence-electron chi connectivity index (χ1n) is 13.8. The van der Waals surface area contributed by atoms with Crippen LogP contribution in [0.5, 0.6) is 0 Å². The van der Waals surface area contributed by atoms with E-state index < -0.39 is 0 Å². The minimum Gasteiger partial charge on any atom is -0.342 e. The largest absolute Gasteiger partial charge is 0.342 e. The zero-order valence-corrected chi connectivity index (χ0v) is 22.0. The molecule has 0 spiro atoms. The molecule has 9 rings (SSSR count). The summed E-state index contributed by atoms with van der Waals surface area (Å²) in [6.07, 6.45) is 0. The second-order valence-corrected chi connectivity index (χ2v) is 10.6. The first kappa shape index (κ1) is 21.6. The lowest BCUT2D eigenvalue weighted by atomic mass is 10.1. The lowest BCUT2D eigenvalue weighted by Crippen LogP contribution is -2.02. The normalized spacial score (nSPS) is 12.1. The summed E-state index contributed by atoms with van der Waals surface area (Å²) in [6, 6.07) is 48.5. The molecule has 0 saturated carbocycles. The molecular weight excluding hydrogens is 486 g/mol. The molecule has 188 valence electrons. The van der Waals surface area contributed by atoms with Crippen LogP contribution in [0.4, 0.5) is 0 Å². The quantitative estimate of drug-likeness (QED) is 0.219. The van der Waals surface area contributed by atoms with Gasteiger partial charge in [0, 0.05) is 44.9 Å². The van der Waals surface area contributed by atoms with E-state index in [1.807, 2.05) is 0 Å². The van der Waals surface area contributed by atoms with Gasteiger partial charge in [0.2, 0.25) is 0 Å². The third kappa shape index (κ3) is 2.69. The Morgan fingerprint density at radius 1 is 0.325 bits per heavy atom. The van der Waals surface area contributed by atoms with Crippen molar-refractivity contribution in [3.8, 4) is 11.4 Å². The molecule has 0 N–H and O–H groups in total. The molecule has 0 bridgehead atoms. The molecule has 9 aromatic rings. The molecule has 6 aromatic carbocycles. The molecule has 0 aliphatic rings. The molecule has 0 fully saturated rings. The van der Waals surface area contributed by atoms with Gasteiger partial charge in [0.15, 0.2) is 0 Å². The van der Waals surface area contributed by atoms with Gasteiger partial charge in [0.1, 0.15) is 0 Å². The van der Waals surface area contributed by atoms with Gasteiger partial charge in [-0.05, 0) is 36.4 Å².